The lowest BCUT2D eigenvalue weighted by molar-refractivity contribution is 0.367. The van der Waals surface area contributed by atoms with Crippen molar-refractivity contribution in [3.8, 4) is 0 Å². The van der Waals surface area contributed by atoms with E-state index < -0.39 is 0 Å². The first kappa shape index (κ1) is 10.9. The molecule has 2 heterocycles. The van der Waals surface area contributed by atoms with Gasteiger partial charge in [0, 0.05) is 23.9 Å². The van der Waals surface area contributed by atoms with Crippen LogP contribution in [0.4, 0.5) is 0 Å². The van der Waals surface area contributed by atoms with Gasteiger partial charge in [-0.1, -0.05) is 5.16 Å². The summed E-state index contributed by atoms with van der Waals surface area (Å²) in [4.78, 5) is 0. The summed E-state index contributed by atoms with van der Waals surface area (Å²) in [5.74, 6) is 0.812. The van der Waals surface area contributed by atoms with Crippen molar-refractivity contribution in [3.05, 3.63) is 34.5 Å². The number of aromatic nitrogens is 3. The summed E-state index contributed by atoms with van der Waals surface area (Å²) in [6.45, 7) is 7.02. The minimum absolute atomic E-state index is 0.521. The number of nitrogens with zero attached hydrogens (tertiary/aromatic N) is 3. The standard InChI is InChI=1S/C11H16N4O/c1-7-4-10(16-14-7)6-15-9(3)11(5-12)8(2)13-15/h4H,5-6,12H2,1-3H3. The Kier molecular flexibility index (Phi) is 2.78. The summed E-state index contributed by atoms with van der Waals surface area (Å²) in [5.41, 5.74) is 9.74. The SMILES string of the molecule is Cc1cc(Cn2nc(C)c(CN)c2C)on1. The van der Waals surface area contributed by atoms with Gasteiger partial charge in [0.25, 0.3) is 0 Å². The maximum Gasteiger partial charge on any atom is 0.158 e. The van der Waals surface area contributed by atoms with Crippen molar-refractivity contribution in [1.82, 2.24) is 14.9 Å². The van der Waals surface area contributed by atoms with Crippen LogP contribution in [0.25, 0.3) is 0 Å². The van der Waals surface area contributed by atoms with Gasteiger partial charge in [0.1, 0.15) is 6.54 Å². The van der Waals surface area contributed by atoms with Crippen molar-refractivity contribution in [2.24, 2.45) is 5.73 Å². The summed E-state index contributed by atoms with van der Waals surface area (Å²) in [5, 5.41) is 8.29. The lowest BCUT2D eigenvalue weighted by atomic mass is 10.2. The molecule has 0 aliphatic carbocycles. The van der Waals surface area contributed by atoms with Gasteiger partial charge in [-0.05, 0) is 20.8 Å². The van der Waals surface area contributed by atoms with Crippen LogP contribution in [0.1, 0.15) is 28.4 Å². The maximum atomic E-state index is 5.67. The third kappa shape index (κ3) is 1.86. The Bertz CT molecular complexity index is 498. The molecule has 0 aromatic carbocycles. The van der Waals surface area contributed by atoms with E-state index in [0.717, 1.165) is 28.4 Å². The first-order valence-electron chi connectivity index (χ1n) is 5.27. The molecule has 0 bridgehead atoms. The Morgan fingerprint density at radius 1 is 1.38 bits per heavy atom. The van der Waals surface area contributed by atoms with Gasteiger partial charge in [-0.15, -0.1) is 0 Å². The maximum absolute atomic E-state index is 5.67. The molecule has 0 saturated heterocycles. The van der Waals surface area contributed by atoms with E-state index in [2.05, 4.69) is 10.3 Å². The van der Waals surface area contributed by atoms with E-state index in [4.69, 9.17) is 10.3 Å². The van der Waals surface area contributed by atoms with E-state index in [-0.39, 0.29) is 0 Å². The Morgan fingerprint density at radius 3 is 2.62 bits per heavy atom. The number of aryl methyl sites for hydroxylation is 2. The third-order valence-corrected chi connectivity index (χ3v) is 2.72. The average Bonchev–Trinajstić information content (AvgIpc) is 2.74. The first-order chi connectivity index (χ1) is 7.61. The van der Waals surface area contributed by atoms with Crippen LogP contribution < -0.4 is 5.73 Å². The Hall–Kier alpha value is -1.62. The highest BCUT2D eigenvalue weighted by Crippen LogP contribution is 2.14. The molecule has 2 rings (SSSR count). The Labute approximate surface area is 94.2 Å². The largest absolute Gasteiger partial charge is 0.359 e. The number of hydrogen-bond acceptors (Lipinski definition) is 4. The van der Waals surface area contributed by atoms with Crippen LogP contribution in [0.15, 0.2) is 10.6 Å². The molecule has 2 aromatic heterocycles. The van der Waals surface area contributed by atoms with Crippen molar-refractivity contribution < 1.29 is 4.52 Å². The average molecular weight is 220 g/mol. The molecular formula is C11H16N4O. The second-order valence-electron chi connectivity index (χ2n) is 3.95. The molecule has 0 atom stereocenters. The van der Waals surface area contributed by atoms with Crippen LogP contribution in [-0.2, 0) is 13.1 Å². The second kappa shape index (κ2) is 4.09. The van der Waals surface area contributed by atoms with E-state index >= 15 is 0 Å². The highest BCUT2D eigenvalue weighted by atomic mass is 16.5. The van der Waals surface area contributed by atoms with Crippen molar-refractivity contribution >= 4 is 0 Å². The molecule has 16 heavy (non-hydrogen) atoms. The highest BCUT2D eigenvalue weighted by molar-refractivity contribution is 5.24. The summed E-state index contributed by atoms with van der Waals surface area (Å²) < 4.78 is 7.06. The first-order valence-corrected chi connectivity index (χ1v) is 5.27. The normalized spacial score (nSPS) is 11.0. The molecule has 5 heteroatoms. The van der Waals surface area contributed by atoms with Crippen molar-refractivity contribution in [2.75, 3.05) is 0 Å². The van der Waals surface area contributed by atoms with Gasteiger partial charge in [-0.2, -0.15) is 5.10 Å². The van der Waals surface area contributed by atoms with Crippen LogP contribution in [0.3, 0.4) is 0 Å². The van der Waals surface area contributed by atoms with Gasteiger partial charge >= 0.3 is 0 Å². The van der Waals surface area contributed by atoms with E-state index in [0.29, 0.717) is 13.1 Å². The zero-order valence-electron chi connectivity index (χ0n) is 9.82. The molecule has 0 fully saturated rings. The molecule has 5 nitrogen and oxygen atoms in total. The number of hydrogen-bond donors (Lipinski definition) is 1. The smallest absolute Gasteiger partial charge is 0.158 e. The van der Waals surface area contributed by atoms with Crippen molar-refractivity contribution in [2.45, 2.75) is 33.9 Å². The predicted molar refractivity (Wildman–Crippen MR) is 59.9 cm³/mol. The number of rotatable bonds is 3. The molecule has 0 aliphatic heterocycles. The lowest BCUT2D eigenvalue weighted by Crippen LogP contribution is -2.04. The molecule has 0 saturated carbocycles. The van der Waals surface area contributed by atoms with Crippen LogP contribution >= 0.6 is 0 Å². The summed E-state index contributed by atoms with van der Waals surface area (Å²) >= 11 is 0. The monoisotopic (exact) mass is 220 g/mol. The van der Waals surface area contributed by atoms with Crippen LogP contribution in [0.5, 0.6) is 0 Å². The molecule has 0 aliphatic rings. The van der Waals surface area contributed by atoms with Gasteiger partial charge in [0.2, 0.25) is 0 Å². The third-order valence-electron chi connectivity index (χ3n) is 2.72. The fourth-order valence-electron chi connectivity index (χ4n) is 1.82. The van der Waals surface area contributed by atoms with E-state index in [1.54, 1.807) is 0 Å². The molecule has 2 N–H and O–H groups in total. The zero-order chi connectivity index (χ0) is 11.7. The Balaban J connectivity index is 2.28. The molecule has 0 radical (unpaired) electrons. The van der Waals surface area contributed by atoms with E-state index in [9.17, 15) is 0 Å². The molecule has 2 aromatic rings. The lowest BCUT2D eigenvalue weighted by Gasteiger charge is -2.01. The molecule has 86 valence electrons. The highest BCUT2D eigenvalue weighted by Gasteiger charge is 2.11. The summed E-state index contributed by atoms with van der Waals surface area (Å²) in [6.07, 6.45) is 0. The minimum Gasteiger partial charge on any atom is -0.359 e. The Morgan fingerprint density at radius 2 is 2.12 bits per heavy atom. The van der Waals surface area contributed by atoms with Gasteiger partial charge in [-0.25, -0.2) is 0 Å². The van der Waals surface area contributed by atoms with E-state index in [1.807, 2.05) is 31.5 Å². The van der Waals surface area contributed by atoms with Crippen molar-refractivity contribution in [1.29, 1.82) is 0 Å². The fraction of sp³-hybridized carbons (Fsp3) is 0.455. The van der Waals surface area contributed by atoms with Crippen LogP contribution in [-0.4, -0.2) is 14.9 Å². The number of nitrogens with two attached hydrogens (primary N) is 1. The topological polar surface area (TPSA) is 69.9 Å². The second-order valence-corrected chi connectivity index (χ2v) is 3.95. The van der Waals surface area contributed by atoms with Gasteiger partial charge in [0.05, 0.1) is 11.4 Å². The summed E-state index contributed by atoms with van der Waals surface area (Å²) in [6, 6.07) is 1.92. The van der Waals surface area contributed by atoms with Gasteiger partial charge < -0.3 is 10.3 Å². The fourth-order valence-corrected chi connectivity index (χ4v) is 1.82. The quantitative estimate of drug-likeness (QED) is 0.846. The van der Waals surface area contributed by atoms with E-state index in [1.165, 1.54) is 0 Å². The minimum atomic E-state index is 0.521. The zero-order valence-corrected chi connectivity index (χ0v) is 9.82. The van der Waals surface area contributed by atoms with Crippen LogP contribution in [0, 0.1) is 20.8 Å². The molecule has 0 unspecified atom stereocenters. The van der Waals surface area contributed by atoms with Crippen LogP contribution in [0.2, 0.25) is 0 Å². The van der Waals surface area contributed by atoms with Gasteiger partial charge in [0.15, 0.2) is 5.76 Å². The molecule has 0 amide bonds. The molecular weight excluding hydrogens is 204 g/mol. The predicted octanol–water partition coefficient (Wildman–Crippen LogP) is 1.30. The molecule has 0 spiro atoms. The van der Waals surface area contributed by atoms with Gasteiger partial charge in [-0.3, -0.25) is 4.68 Å². The summed E-state index contributed by atoms with van der Waals surface area (Å²) in [7, 11) is 0. The van der Waals surface area contributed by atoms with Crippen molar-refractivity contribution in [3.63, 3.8) is 0 Å².